The fourth-order valence-corrected chi connectivity index (χ4v) is 2.18. The number of nitrogens with two attached hydrogens (primary N) is 1. The summed E-state index contributed by atoms with van der Waals surface area (Å²) in [6.07, 6.45) is 1.62. The van der Waals surface area contributed by atoms with Crippen LogP contribution >= 0.6 is 11.6 Å². The lowest BCUT2D eigenvalue weighted by atomic mass is 10.1. The third-order valence-corrected chi connectivity index (χ3v) is 3.05. The molecule has 3 nitrogen and oxygen atoms in total. The number of benzene rings is 1. The zero-order valence-corrected chi connectivity index (χ0v) is 9.43. The first-order chi connectivity index (χ1) is 7.27. The maximum atomic E-state index is 6.27. The van der Waals surface area contributed by atoms with Crippen LogP contribution in [0.3, 0.4) is 0 Å². The lowest BCUT2D eigenvalue weighted by molar-refractivity contribution is 0.326. The molecule has 0 fully saturated rings. The van der Waals surface area contributed by atoms with E-state index >= 15 is 0 Å². The molecular weight excluding hydrogens is 214 g/mol. The van der Waals surface area contributed by atoms with Crippen LogP contribution in [-0.4, -0.2) is 20.3 Å². The molecule has 0 saturated heterocycles. The normalized spacial score (nSPS) is 13.5. The van der Waals surface area contributed by atoms with Crippen molar-refractivity contribution in [2.24, 2.45) is 5.73 Å². The molecule has 0 bridgehead atoms. The second kappa shape index (κ2) is 4.29. The Morgan fingerprint density at radius 1 is 1.60 bits per heavy atom. The molecule has 15 heavy (non-hydrogen) atoms. The number of hydrogen-bond donors (Lipinski definition) is 1. The molecule has 1 aliphatic heterocycles. The van der Waals surface area contributed by atoms with Gasteiger partial charge in [-0.1, -0.05) is 11.6 Å². The Balaban J connectivity index is 2.51. The summed E-state index contributed by atoms with van der Waals surface area (Å²) in [6, 6.07) is 1.92. The van der Waals surface area contributed by atoms with E-state index in [1.807, 2.05) is 6.07 Å². The molecule has 0 radical (unpaired) electrons. The minimum Gasteiger partial charge on any atom is -0.493 e. The number of hydrogen-bond acceptors (Lipinski definition) is 3. The van der Waals surface area contributed by atoms with Crippen molar-refractivity contribution in [2.75, 3.05) is 20.3 Å². The van der Waals surface area contributed by atoms with Crippen LogP contribution in [0, 0.1) is 0 Å². The van der Waals surface area contributed by atoms with Gasteiger partial charge in [-0.3, -0.25) is 0 Å². The van der Waals surface area contributed by atoms with Crippen molar-refractivity contribution in [2.45, 2.75) is 12.8 Å². The molecule has 2 N–H and O–H groups in total. The topological polar surface area (TPSA) is 44.5 Å². The standard InChI is InChI=1S/C11H14ClNO2/c1-14-9-6-7(2-4-13)10(12)8-3-5-15-11(8)9/h6H,2-5,13H2,1H3. The Hall–Kier alpha value is -0.930. The maximum absolute atomic E-state index is 6.27. The Bertz CT molecular complexity index is 379. The molecule has 0 amide bonds. The van der Waals surface area contributed by atoms with Crippen LogP contribution in [0.5, 0.6) is 11.5 Å². The van der Waals surface area contributed by atoms with E-state index in [1.165, 1.54) is 0 Å². The Morgan fingerprint density at radius 2 is 2.40 bits per heavy atom. The van der Waals surface area contributed by atoms with E-state index < -0.39 is 0 Å². The van der Waals surface area contributed by atoms with Crippen LogP contribution in [0.4, 0.5) is 0 Å². The van der Waals surface area contributed by atoms with Gasteiger partial charge in [-0.2, -0.15) is 0 Å². The van der Waals surface area contributed by atoms with Crippen LogP contribution < -0.4 is 15.2 Å². The fourth-order valence-electron chi connectivity index (χ4n) is 1.86. The van der Waals surface area contributed by atoms with E-state index in [4.69, 9.17) is 26.8 Å². The van der Waals surface area contributed by atoms with Gasteiger partial charge in [0.05, 0.1) is 18.7 Å². The summed E-state index contributed by atoms with van der Waals surface area (Å²) < 4.78 is 10.8. The molecule has 0 spiro atoms. The second-order valence-corrected chi connectivity index (χ2v) is 3.87. The number of ether oxygens (including phenoxy) is 2. The molecular formula is C11H14ClNO2. The van der Waals surface area contributed by atoms with E-state index in [0.29, 0.717) is 13.2 Å². The lowest BCUT2D eigenvalue weighted by Crippen LogP contribution is -2.04. The van der Waals surface area contributed by atoms with Crippen molar-refractivity contribution in [3.63, 3.8) is 0 Å². The fraction of sp³-hybridized carbons (Fsp3) is 0.455. The quantitative estimate of drug-likeness (QED) is 0.856. The third kappa shape index (κ3) is 1.77. The van der Waals surface area contributed by atoms with Crippen molar-refractivity contribution in [1.29, 1.82) is 0 Å². The molecule has 82 valence electrons. The van der Waals surface area contributed by atoms with E-state index in [2.05, 4.69) is 0 Å². The summed E-state index contributed by atoms with van der Waals surface area (Å²) in [6.45, 7) is 1.26. The molecule has 0 saturated carbocycles. The van der Waals surface area contributed by atoms with Crippen molar-refractivity contribution in [1.82, 2.24) is 0 Å². The zero-order chi connectivity index (χ0) is 10.8. The maximum Gasteiger partial charge on any atom is 0.165 e. The molecule has 0 aromatic heterocycles. The molecule has 0 aliphatic carbocycles. The van der Waals surface area contributed by atoms with Gasteiger partial charge in [0.15, 0.2) is 11.5 Å². The monoisotopic (exact) mass is 227 g/mol. The minimum absolute atomic E-state index is 0.586. The SMILES string of the molecule is COc1cc(CCN)c(Cl)c2c1OCC2. The second-order valence-electron chi connectivity index (χ2n) is 3.50. The van der Waals surface area contributed by atoms with Crippen molar-refractivity contribution in [3.05, 3.63) is 22.2 Å². The summed E-state index contributed by atoms with van der Waals surface area (Å²) in [5.74, 6) is 1.55. The van der Waals surface area contributed by atoms with Gasteiger partial charge in [-0.25, -0.2) is 0 Å². The highest BCUT2D eigenvalue weighted by molar-refractivity contribution is 6.32. The Kier molecular flexibility index (Phi) is 3.03. The van der Waals surface area contributed by atoms with Gasteiger partial charge in [0.1, 0.15) is 0 Å². The number of rotatable bonds is 3. The average molecular weight is 228 g/mol. The summed E-state index contributed by atoms with van der Waals surface area (Å²) in [5.41, 5.74) is 7.63. The van der Waals surface area contributed by atoms with Crippen LogP contribution in [0.2, 0.25) is 5.02 Å². The first-order valence-corrected chi connectivity index (χ1v) is 5.36. The zero-order valence-electron chi connectivity index (χ0n) is 8.68. The largest absolute Gasteiger partial charge is 0.493 e. The van der Waals surface area contributed by atoms with Gasteiger partial charge in [0.2, 0.25) is 0 Å². The highest BCUT2D eigenvalue weighted by Gasteiger charge is 2.22. The highest BCUT2D eigenvalue weighted by Crippen LogP contribution is 2.42. The summed E-state index contributed by atoms with van der Waals surface area (Å²) in [7, 11) is 1.64. The van der Waals surface area contributed by atoms with Gasteiger partial charge >= 0.3 is 0 Å². The highest BCUT2D eigenvalue weighted by atomic mass is 35.5. The predicted octanol–water partition coefficient (Wildman–Crippen LogP) is 1.78. The molecule has 1 aliphatic rings. The first kappa shape index (κ1) is 10.6. The van der Waals surface area contributed by atoms with Gasteiger partial charge in [0.25, 0.3) is 0 Å². The Morgan fingerprint density at radius 3 is 3.07 bits per heavy atom. The first-order valence-electron chi connectivity index (χ1n) is 4.99. The molecule has 4 heteroatoms. The van der Waals surface area contributed by atoms with Crippen LogP contribution in [0.15, 0.2) is 6.07 Å². The summed E-state index contributed by atoms with van der Waals surface area (Å²) in [5, 5.41) is 0.786. The van der Waals surface area contributed by atoms with Gasteiger partial charge < -0.3 is 15.2 Å². The van der Waals surface area contributed by atoms with E-state index in [0.717, 1.165) is 40.5 Å². The smallest absolute Gasteiger partial charge is 0.165 e. The van der Waals surface area contributed by atoms with Crippen molar-refractivity contribution < 1.29 is 9.47 Å². The van der Waals surface area contributed by atoms with E-state index in [-0.39, 0.29) is 0 Å². The predicted molar refractivity (Wildman–Crippen MR) is 60.0 cm³/mol. The molecule has 0 atom stereocenters. The lowest BCUT2D eigenvalue weighted by Gasteiger charge is -2.11. The van der Waals surface area contributed by atoms with Crippen LogP contribution in [0.25, 0.3) is 0 Å². The van der Waals surface area contributed by atoms with Crippen molar-refractivity contribution >= 4 is 11.6 Å². The molecule has 2 rings (SSSR count). The molecule has 0 unspecified atom stereocenters. The van der Waals surface area contributed by atoms with E-state index in [9.17, 15) is 0 Å². The number of methoxy groups -OCH3 is 1. The van der Waals surface area contributed by atoms with Crippen molar-refractivity contribution in [3.8, 4) is 11.5 Å². The summed E-state index contributed by atoms with van der Waals surface area (Å²) in [4.78, 5) is 0. The molecule has 1 heterocycles. The molecule has 1 aromatic rings. The number of halogens is 1. The van der Waals surface area contributed by atoms with Crippen LogP contribution in [0.1, 0.15) is 11.1 Å². The van der Waals surface area contributed by atoms with E-state index in [1.54, 1.807) is 7.11 Å². The Labute approximate surface area is 94.1 Å². The minimum atomic E-state index is 0.586. The van der Waals surface area contributed by atoms with Gasteiger partial charge in [-0.15, -0.1) is 0 Å². The third-order valence-electron chi connectivity index (χ3n) is 2.58. The molecule has 1 aromatic carbocycles. The van der Waals surface area contributed by atoms with Gasteiger partial charge in [0, 0.05) is 12.0 Å². The number of fused-ring (bicyclic) bond motifs is 1. The van der Waals surface area contributed by atoms with Crippen LogP contribution in [-0.2, 0) is 12.8 Å². The average Bonchev–Trinajstić information content (AvgIpc) is 2.71. The van der Waals surface area contributed by atoms with Gasteiger partial charge in [-0.05, 0) is 24.6 Å². The summed E-state index contributed by atoms with van der Waals surface area (Å²) >= 11 is 6.27.